The van der Waals surface area contributed by atoms with Crippen LogP contribution in [0.4, 0.5) is 4.79 Å². The molecule has 1 heterocycles. The zero-order chi connectivity index (χ0) is 22.3. The number of nitrogens with zero attached hydrogens (tertiary/aromatic N) is 2. The van der Waals surface area contributed by atoms with E-state index in [1.807, 2.05) is 79.7 Å². The van der Waals surface area contributed by atoms with Gasteiger partial charge in [-0.15, -0.1) is 0 Å². The van der Waals surface area contributed by atoms with Crippen molar-refractivity contribution in [3.8, 4) is 0 Å². The van der Waals surface area contributed by atoms with Gasteiger partial charge in [-0.3, -0.25) is 4.79 Å². The minimum Gasteiger partial charge on any atom is -0.464 e. The molecule has 4 rings (SSSR count). The maximum absolute atomic E-state index is 13.3. The number of carbonyl (C=O) groups is 2. The molecule has 1 saturated carbocycles. The molecule has 6 heteroatoms. The summed E-state index contributed by atoms with van der Waals surface area (Å²) in [4.78, 5) is 29.7. The van der Waals surface area contributed by atoms with Gasteiger partial charge in [-0.05, 0) is 43.0 Å². The Morgan fingerprint density at radius 1 is 0.906 bits per heavy atom. The fourth-order valence-electron chi connectivity index (χ4n) is 3.67. The van der Waals surface area contributed by atoms with Crippen LogP contribution in [0.5, 0.6) is 0 Å². The van der Waals surface area contributed by atoms with E-state index < -0.39 is 0 Å². The van der Waals surface area contributed by atoms with E-state index in [2.05, 4.69) is 5.32 Å². The summed E-state index contributed by atoms with van der Waals surface area (Å²) >= 11 is 0. The molecule has 2 aromatic carbocycles. The molecule has 166 valence electrons. The Kier molecular flexibility index (Phi) is 6.90. The zero-order valence-electron chi connectivity index (χ0n) is 18.4. The van der Waals surface area contributed by atoms with Gasteiger partial charge in [0.2, 0.25) is 5.91 Å². The van der Waals surface area contributed by atoms with Gasteiger partial charge < -0.3 is 19.5 Å². The van der Waals surface area contributed by atoms with Crippen molar-refractivity contribution < 1.29 is 14.0 Å². The fourth-order valence-corrected chi connectivity index (χ4v) is 3.67. The van der Waals surface area contributed by atoms with E-state index in [-0.39, 0.29) is 24.5 Å². The summed E-state index contributed by atoms with van der Waals surface area (Å²) in [5.74, 6) is 1.45. The maximum atomic E-state index is 13.3. The van der Waals surface area contributed by atoms with Gasteiger partial charge in [0.15, 0.2) is 0 Å². The average Bonchev–Trinajstić information content (AvgIpc) is 3.57. The summed E-state index contributed by atoms with van der Waals surface area (Å²) in [5.41, 5.74) is 2.07. The Balaban J connectivity index is 1.43. The highest BCUT2D eigenvalue weighted by Crippen LogP contribution is 2.27. The van der Waals surface area contributed by atoms with Crippen LogP contribution in [0, 0.1) is 6.92 Å². The first kappa shape index (κ1) is 21.7. The Labute approximate surface area is 188 Å². The first-order valence-corrected chi connectivity index (χ1v) is 11.0. The molecule has 1 fully saturated rings. The lowest BCUT2D eigenvalue weighted by Crippen LogP contribution is -2.47. The Morgan fingerprint density at radius 3 is 2.16 bits per heavy atom. The van der Waals surface area contributed by atoms with Gasteiger partial charge in [-0.2, -0.15) is 0 Å². The van der Waals surface area contributed by atoms with Crippen LogP contribution in [0.15, 0.2) is 77.2 Å². The lowest BCUT2D eigenvalue weighted by molar-refractivity contribution is -0.133. The molecule has 0 atom stereocenters. The van der Waals surface area contributed by atoms with Crippen molar-refractivity contribution in [2.45, 2.75) is 45.4 Å². The summed E-state index contributed by atoms with van der Waals surface area (Å²) in [5, 5.41) is 2.97. The Hall–Kier alpha value is -3.54. The summed E-state index contributed by atoms with van der Waals surface area (Å²) in [6.07, 6.45) is 1.87. The molecule has 0 spiro atoms. The molecule has 0 bridgehead atoms. The number of aryl methyl sites for hydroxylation is 1. The van der Waals surface area contributed by atoms with Gasteiger partial charge in [-0.1, -0.05) is 60.7 Å². The second-order valence-electron chi connectivity index (χ2n) is 8.25. The van der Waals surface area contributed by atoms with Crippen molar-refractivity contribution in [1.82, 2.24) is 15.1 Å². The van der Waals surface area contributed by atoms with Gasteiger partial charge in [-0.25, -0.2) is 4.79 Å². The normalized spacial score (nSPS) is 12.9. The predicted molar refractivity (Wildman–Crippen MR) is 123 cm³/mol. The van der Waals surface area contributed by atoms with Crippen LogP contribution in [0.2, 0.25) is 0 Å². The Morgan fingerprint density at radius 2 is 1.56 bits per heavy atom. The molecule has 0 radical (unpaired) electrons. The van der Waals surface area contributed by atoms with Crippen molar-refractivity contribution >= 4 is 11.9 Å². The van der Waals surface area contributed by atoms with E-state index in [0.717, 1.165) is 35.5 Å². The van der Waals surface area contributed by atoms with E-state index >= 15 is 0 Å². The van der Waals surface area contributed by atoms with Gasteiger partial charge in [0.05, 0.1) is 6.54 Å². The second kappa shape index (κ2) is 10.2. The summed E-state index contributed by atoms with van der Waals surface area (Å²) in [6.45, 7) is 3.21. The molecular weight excluding hydrogens is 402 g/mol. The number of hydrogen-bond acceptors (Lipinski definition) is 3. The largest absolute Gasteiger partial charge is 0.464 e. The van der Waals surface area contributed by atoms with Crippen molar-refractivity contribution in [3.63, 3.8) is 0 Å². The van der Waals surface area contributed by atoms with Crippen LogP contribution in [0.3, 0.4) is 0 Å². The number of carbonyl (C=O) groups excluding carboxylic acids is 2. The third-order valence-electron chi connectivity index (χ3n) is 5.55. The van der Waals surface area contributed by atoms with E-state index in [1.165, 1.54) is 0 Å². The molecule has 1 aliphatic carbocycles. The third kappa shape index (κ3) is 6.00. The molecule has 1 aromatic heterocycles. The summed E-state index contributed by atoms with van der Waals surface area (Å²) in [7, 11) is 0. The first-order chi connectivity index (χ1) is 15.6. The van der Waals surface area contributed by atoms with Gasteiger partial charge in [0, 0.05) is 19.1 Å². The van der Waals surface area contributed by atoms with Gasteiger partial charge in [0.1, 0.15) is 18.1 Å². The van der Waals surface area contributed by atoms with E-state index in [0.29, 0.717) is 19.6 Å². The summed E-state index contributed by atoms with van der Waals surface area (Å²) in [6, 6.07) is 23.4. The number of rotatable bonds is 9. The first-order valence-electron chi connectivity index (χ1n) is 11.0. The topological polar surface area (TPSA) is 65.8 Å². The lowest BCUT2D eigenvalue weighted by atomic mass is 10.2. The fraction of sp³-hybridized carbons (Fsp3) is 0.308. The van der Waals surface area contributed by atoms with Crippen LogP contribution in [0.25, 0.3) is 0 Å². The summed E-state index contributed by atoms with van der Waals surface area (Å²) < 4.78 is 5.71. The van der Waals surface area contributed by atoms with E-state index in [4.69, 9.17) is 4.42 Å². The zero-order valence-corrected chi connectivity index (χ0v) is 18.4. The van der Waals surface area contributed by atoms with E-state index in [1.54, 1.807) is 9.80 Å². The molecular formula is C26H29N3O3. The third-order valence-corrected chi connectivity index (χ3v) is 5.55. The SMILES string of the molecule is Cc1ccc(CN(Cc2ccccc2)C(=O)CN(C(=O)NCc2ccccc2)C2CC2)o1. The molecule has 0 unspecified atom stereocenters. The monoisotopic (exact) mass is 431 g/mol. The smallest absolute Gasteiger partial charge is 0.318 e. The van der Waals surface area contributed by atoms with Crippen LogP contribution in [0.1, 0.15) is 35.5 Å². The molecule has 3 amide bonds. The van der Waals surface area contributed by atoms with Crippen LogP contribution in [-0.2, 0) is 24.4 Å². The predicted octanol–water partition coefficient (Wildman–Crippen LogP) is 4.49. The minimum absolute atomic E-state index is 0.0534. The maximum Gasteiger partial charge on any atom is 0.318 e. The number of benzene rings is 2. The molecule has 1 N–H and O–H groups in total. The molecule has 0 saturated heterocycles. The number of furan rings is 1. The molecule has 6 nitrogen and oxygen atoms in total. The highest BCUT2D eigenvalue weighted by atomic mass is 16.3. The van der Waals surface area contributed by atoms with Crippen LogP contribution >= 0.6 is 0 Å². The average molecular weight is 432 g/mol. The number of nitrogens with one attached hydrogen (secondary N) is 1. The second-order valence-corrected chi connectivity index (χ2v) is 8.25. The quantitative estimate of drug-likeness (QED) is 0.543. The number of amides is 3. The molecule has 0 aliphatic heterocycles. The Bertz CT molecular complexity index is 1030. The van der Waals surface area contributed by atoms with Crippen LogP contribution in [-0.4, -0.2) is 34.3 Å². The van der Waals surface area contributed by atoms with Crippen LogP contribution < -0.4 is 5.32 Å². The van der Waals surface area contributed by atoms with Gasteiger partial charge in [0.25, 0.3) is 0 Å². The number of hydrogen-bond donors (Lipinski definition) is 1. The molecule has 3 aromatic rings. The number of urea groups is 1. The van der Waals surface area contributed by atoms with Crippen molar-refractivity contribution in [2.24, 2.45) is 0 Å². The molecule has 32 heavy (non-hydrogen) atoms. The molecule has 1 aliphatic rings. The van der Waals surface area contributed by atoms with Crippen molar-refractivity contribution in [2.75, 3.05) is 6.54 Å². The van der Waals surface area contributed by atoms with Crippen molar-refractivity contribution in [1.29, 1.82) is 0 Å². The minimum atomic E-state index is -0.196. The standard InChI is InChI=1S/C26H29N3O3/c1-20-12-15-24(32-20)18-28(17-22-10-6-3-7-11-22)25(30)19-29(23-13-14-23)26(31)27-16-21-8-4-2-5-9-21/h2-12,15,23H,13-14,16-19H2,1H3,(H,27,31). The van der Waals surface area contributed by atoms with E-state index in [9.17, 15) is 9.59 Å². The van der Waals surface area contributed by atoms with Gasteiger partial charge >= 0.3 is 6.03 Å². The highest BCUT2D eigenvalue weighted by Gasteiger charge is 2.35. The lowest BCUT2D eigenvalue weighted by Gasteiger charge is -2.27. The highest BCUT2D eigenvalue weighted by molar-refractivity contribution is 5.84. The van der Waals surface area contributed by atoms with Crippen molar-refractivity contribution in [3.05, 3.63) is 95.4 Å².